The average molecular weight is 281 g/mol. The van der Waals surface area contributed by atoms with E-state index in [1.54, 1.807) is 13.2 Å². The molecule has 1 aromatic heterocycles. The van der Waals surface area contributed by atoms with Gasteiger partial charge in [0.2, 0.25) is 11.7 Å². The molecule has 2 rings (SSSR count). The Labute approximate surface area is 115 Å². The van der Waals surface area contributed by atoms with E-state index in [2.05, 4.69) is 10.1 Å². The molecule has 0 aliphatic carbocycles. The molecule has 0 radical (unpaired) electrons. The summed E-state index contributed by atoms with van der Waals surface area (Å²) in [6, 6.07) is 4.15. The van der Waals surface area contributed by atoms with Crippen LogP contribution in [0.2, 0.25) is 0 Å². The molecule has 2 N–H and O–H groups in total. The van der Waals surface area contributed by atoms with Crippen LogP contribution >= 0.6 is 0 Å². The van der Waals surface area contributed by atoms with E-state index >= 15 is 0 Å². The Morgan fingerprint density at radius 3 is 2.90 bits per heavy atom. The quantitative estimate of drug-likeness (QED) is 0.861. The molecule has 1 unspecified atom stereocenters. The summed E-state index contributed by atoms with van der Waals surface area (Å²) < 4.78 is 28.3. The molecular formula is C13H16FN3O3. The van der Waals surface area contributed by atoms with Gasteiger partial charge in [0.1, 0.15) is 0 Å². The Hall–Kier alpha value is -1.99. The number of halogens is 1. The lowest BCUT2D eigenvalue weighted by molar-refractivity contribution is 0.176. The fourth-order valence-electron chi connectivity index (χ4n) is 1.75. The minimum absolute atomic E-state index is 0.130. The van der Waals surface area contributed by atoms with Gasteiger partial charge in [-0.2, -0.15) is 4.98 Å². The molecule has 0 saturated carbocycles. The monoisotopic (exact) mass is 281 g/mol. The molecule has 20 heavy (non-hydrogen) atoms. The van der Waals surface area contributed by atoms with Gasteiger partial charge in [0, 0.05) is 25.1 Å². The van der Waals surface area contributed by atoms with Crippen molar-refractivity contribution in [2.75, 3.05) is 20.8 Å². The maximum Gasteiger partial charge on any atom is 0.228 e. The Morgan fingerprint density at radius 2 is 2.20 bits per heavy atom. The Morgan fingerprint density at radius 1 is 1.40 bits per heavy atom. The summed E-state index contributed by atoms with van der Waals surface area (Å²) >= 11 is 0. The van der Waals surface area contributed by atoms with Crippen molar-refractivity contribution in [3.63, 3.8) is 0 Å². The highest BCUT2D eigenvalue weighted by Gasteiger charge is 2.14. The number of hydrogen-bond donors (Lipinski definition) is 1. The van der Waals surface area contributed by atoms with Gasteiger partial charge in [0.15, 0.2) is 11.6 Å². The van der Waals surface area contributed by atoms with Crippen molar-refractivity contribution < 1.29 is 18.4 Å². The van der Waals surface area contributed by atoms with Gasteiger partial charge in [-0.1, -0.05) is 5.16 Å². The molecule has 2 aromatic rings. The standard InChI is InChI=1S/C13H16FN3O3/c1-18-7-9(15)6-12-16-13(17-20-12)8-3-4-10(14)11(5-8)19-2/h3-5,9H,6-7,15H2,1-2H3. The second-order valence-corrected chi connectivity index (χ2v) is 4.28. The number of rotatable bonds is 6. The van der Waals surface area contributed by atoms with Crippen molar-refractivity contribution in [2.24, 2.45) is 5.73 Å². The van der Waals surface area contributed by atoms with Crippen molar-refractivity contribution in [1.29, 1.82) is 0 Å². The van der Waals surface area contributed by atoms with E-state index in [9.17, 15) is 4.39 Å². The Balaban J connectivity index is 2.16. The maximum absolute atomic E-state index is 13.3. The number of nitrogens with two attached hydrogens (primary N) is 1. The first-order valence-electron chi connectivity index (χ1n) is 6.05. The van der Waals surface area contributed by atoms with Gasteiger partial charge >= 0.3 is 0 Å². The van der Waals surface area contributed by atoms with Crippen LogP contribution in [0.25, 0.3) is 11.4 Å². The molecule has 0 aliphatic heterocycles. The molecule has 1 heterocycles. The number of nitrogens with zero attached hydrogens (tertiary/aromatic N) is 2. The predicted molar refractivity (Wildman–Crippen MR) is 69.8 cm³/mol. The van der Waals surface area contributed by atoms with Gasteiger partial charge in [-0.25, -0.2) is 4.39 Å². The largest absolute Gasteiger partial charge is 0.494 e. The summed E-state index contributed by atoms with van der Waals surface area (Å²) in [7, 11) is 2.97. The summed E-state index contributed by atoms with van der Waals surface area (Å²) in [5, 5.41) is 3.84. The first-order valence-corrected chi connectivity index (χ1v) is 6.05. The minimum atomic E-state index is -0.443. The summed E-state index contributed by atoms with van der Waals surface area (Å²) in [6.45, 7) is 0.405. The third kappa shape index (κ3) is 3.31. The number of aromatic nitrogens is 2. The number of methoxy groups -OCH3 is 2. The molecule has 108 valence electrons. The van der Waals surface area contributed by atoms with Gasteiger partial charge in [-0.3, -0.25) is 0 Å². The lowest BCUT2D eigenvalue weighted by Gasteiger charge is -2.05. The summed E-state index contributed by atoms with van der Waals surface area (Å²) in [6.07, 6.45) is 0.416. The summed E-state index contributed by atoms with van der Waals surface area (Å²) in [4.78, 5) is 4.22. The molecule has 1 aromatic carbocycles. The second-order valence-electron chi connectivity index (χ2n) is 4.28. The lowest BCUT2D eigenvalue weighted by Crippen LogP contribution is -2.28. The molecule has 1 atom stereocenters. The van der Waals surface area contributed by atoms with Crippen molar-refractivity contribution in [3.05, 3.63) is 29.9 Å². The molecule has 0 fully saturated rings. The van der Waals surface area contributed by atoms with Crippen molar-refractivity contribution in [1.82, 2.24) is 10.1 Å². The average Bonchev–Trinajstić information content (AvgIpc) is 2.88. The third-order valence-electron chi connectivity index (χ3n) is 2.69. The molecule has 7 heteroatoms. The van der Waals surface area contributed by atoms with Gasteiger partial charge in [-0.15, -0.1) is 0 Å². The third-order valence-corrected chi connectivity index (χ3v) is 2.69. The molecule has 0 spiro atoms. The topological polar surface area (TPSA) is 83.4 Å². The van der Waals surface area contributed by atoms with Crippen LogP contribution in [0.5, 0.6) is 5.75 Å². The zero-order valence-corrected chi connectivity index (χ0v) is 11.3. The van der Waals surface area contributed by atoms with E-state index in [0.717, 1.165) is 0 Å². The van der Waals surface area contributed by atoms with E-state index in [1.807, 2.05) is 0 Å². The van der Waals surface area contributed by atoms with Crippen LogP contribution in [0.3, 0.4) is 0 Å². The summed E-state index contributed by atoms with van der Waals surface area (Å²) in [5.41, 5.74) is 6.42. The van der Waals surface area contributed by atoms with E-state index in [-0.39, 0.29) is 11.8 Å². The van der Waals surface area contributed by atoms with Crippen LogP contribution in [0.1, 0.15) is 5.89 Å². The highest BCUT2D eigenvalue weighted by molar-refractivity contribution is 5.57. The zero-order valence-electron chi connectivity index (χ0n) is 11.3. The van der Waals surface area contributed by atoms with E-state index in [1.165, 1.54) is 19.2 Å². The van der Waals surface area contributed by atoms with Gasteiger partial charge < -0.3 is 19.7 Å². The SMILES string of the molecule is COCC(N)Cc1nc(-c2ccc(F)c(OC)c2)no1. The molecule has 0 aliphatic rings. The smallest absolute Gasteiger partial charge is 0.228 e. The molecular weight excluding hydrogens is 265 g/mol. The highest BCUT2D eigenvalue weighted by atomic mass is 19.1. The van der Waals surface area contributed by atoms with Crippen LogP contribution in [0.15, 0.2) is 22.7 Å². The fourth-order valence-corrected chi connectivity index (χ4v) is 1.75. The fraction of sp³-hybridized carbons (Fsp3) is 0.385. The summed E-state index contributed by atoms with van der Waals surface area (Å²) in [5.74, 6) is 0.461. The number of hydrogen-bond acceptors (Lipinski definition) is 6. The van der Waals surface area contributed by atoms with Crippen molar-refractivity contribution in [3.8, 4) is 17.1 Å². The first-order chi connectivity index (χ1) is 9.63. The highest BCUT2D eigenvalue weighted by Crippen LogP contribution is 2.24. The van der Waals surface area contributed by atoms with Crippen LogP contribution in [-0.4, -0.2) is 37.0 Å². The van der Waals surface area contributed by atoms with Gasteiger partial charge in [0.25, 0.3) is 0 Å². The Kier molecular flexibility index (Phi) is 4.65. The maximum atomic E-state index is 13.3. The predicted octanol–water partition coefficient (Wildman–Crippen LogP) is 1.40. The molecule has 0 saturated heterocycles. The zero-order chi connectivity index (χ0) is 14.5. The normalized spacial score (nSPS) is 12.4. The van der Waals surface area contributed by atoms with E-state index in [0.29, 0.717) is 30.3 Å². The van der Waals surface area contributed by atoms with Crippen LogP contribution < -0.4 is 10.5 Å². The van der Waals surface area contributed by atoms with Crippen LogP contribution in [0.4, 0.5) is 4.39 Å². The molecule has 6 nitrogen and oxygen atoms in total. The van der Waals surface area contributed by atoms with Gasteiger partial charge in [-0.05, 0) is 18.2 Å². The van der Waals surface area contributed by atoms with E-state index < -0.39 is 5.82 Å². The first kappa shape index (κ1) is 14.4. The number of benzene rings is 1. The second kappa shape index (κ2) is 6.44. The number of ether oxygens (including phenoxy) is 2. The minimum Gasteiger partial charge on any atom is -0.494 e. The van der Waals surface area contributed by atoms with Crippen molar-refractivity contribution >= 4 is 0 Å². The van der Waals surface area contributed by atoms with E-state index in [4.69, 9.17) is 19.7 Å². The van der Waals surface area contributed by atoms with Gasteiger partial charge in [0.05, 0.1) is 13.7 Å². The van der Waals surface area contributed by atoms with Crippen LogP contribution in [0, 0.1) is 5.82 Å². The lowest BCUT2D eigenvalue weighted by atomic mass is 10.2. The molecule has 0 bridgehead atoms. The Bertz CT molecular complexity index is 574. The molecule has 0 amide bonds. The van der Waals surface area contributed by atoms with Crippen molar-refractivity contribution in [2.45, 2.75) is 12.5 Å². The van der Waals surface area contributed by atoms with Crippen LogP contribution in [-0.2, 0) is 11.2 Å².